The standard InChI is InChI=1S/C23H23N3O2/c1-23(2,3)18-13-17(28-15-16-9-5-4-6-10-16)14-21(22(18)27)26-24-19-11-7-8-12-20(19)25-26/h4-14,27H,15H2,1-3H3. The van der Waals surface area contributed by atoms with E-state index >= 15 is 0 Å². The Kier molecular flexibility index (Phi) is 4.51. The van der Waals surface area contributed by atoms with Gasteiger partial charge in [0.1, 0.15) is 34.8 Å². The summed E-state index contributed by atoms with van der Waals surface area (Å²) in [6, 6.07) is 21.3. The van der Waals surface area contributed by atoms with Crippen molar-refractivity contribution >= 4 is 11.0 Å². The van der Waals surface area contributed by atoms with E-state index in [2.05, 4.69) is 31.0 Å². The van der Waals surface area contributed by atoms with Crippen LogP contribution in [0.3, 0.4) is 0 Å². The molecule has 0 unspecified atom stereocenters. The van der Waals surface area contributed by atoms with Gasteiger partial charge in [0.05, 0.1) is 0 Å². The van der Waals surface area contributed by atoms with Crippen LogP contribution >= 0.6 is 0 Å². The van der Waals surface area contributed by atoms with E-state index in [4.69, 9.17) is 4.74 Å². The van der Waals surface area contributed by atoms with Crippen molar-refractivity contribution in [2.45, 2.75) is 32.8 Å². The fourth-order valence-corrected chi connectivity index (χ4v) is 3.11. The second-order valence-electron chi connectivity index (χ2n) is 7.84. The average molecular weight is 373 g/mol. The van der Waals surface area contributed by atoms with Crippen LogP contribution in [0.4, 0.5) is 0 Å². The molecule has 0 aliphatic carbocycles. The van der Waals surface area contributed by atoms with Crippen LogP contribution in [0.2, 0.25) is 0 Å². The van der Waals surface area contributed by atoms with Crippen molar-refractivity contribution in [2.24, 2.45) is 0 Å². The molecule has 0 fully saturated rings. The van der Waals surface area contributed by atoms with E-state index in [0.717, 1.165) is 22.2 Å². The van der Waals surface area contributed by atoms with Crippen LogP contribution in [-0.4, -0.2) is 20.1 Å². The maximum Gasteiger partial charge on any atom is 0.147 e. The predicted octanol–water partition coefficient (Wildman–Crippen LogP) is 5.00. The number of rotatable bonds is 4. The van der Waals surface area contributed by atoms with Crippen molar-refractivity contribution in [1.29, 1.82) is 0 Å². The van der Waals surface area contributed by atoms with Crippen LogP contribution in [0.5, 0.6) is 11.5 Å². The highest BCUT2D eigenvalue weighted by molar-refractivity contribution is 5.74. The number of fused-ring (bicyclic) bond motifs is 1. The molecule has 142 valence electrons. The first-order chi connectivity index (χ1) is 13.4. The lowest BCUT2D eigenvalue weighted by molar-refractivity contribution is 0.304. The van der Waals surface area contributed by atoms with Gasteiger partial charge in [-0.05, 0) is 29.2 Å². The molecule has 0 aliphatic rings. The number of nitrogens with zero attached hydrogens (tertiary/aromatic N) is 3. The van der Waals surface area contributed by atoms with E-state index in [9.17, 15) is 5.11 Å². The minimum atomic E-state index is -0.266. The van der Waals surface area contributed by atoms with Gasteiger partial charge in [-0.3, -0.25) is 0 Å². The van der Waals surface area contributed by atoms with Crippen molar-refractivity contribution in [3.05, 3.63) is 77.9 Å². The summed E-state index contributed by atoms with van der Waals surface area (Å²) in [6.45, 7) is 6.61. The molecule has 0 atom stereocenters. The van der Waals surface area contributed by atoms with Gasteiger partial charge in [0, 0.05) is 11.6 Å². The Balaban J connectivity index is 1.78. The molecule has 0 aliphatic heterocycles. The van der Waals surface area contributed by atoms with Gasteiger partial charge in [0.2, 0.25) is 0 Å². The average Bonchev–Trinajstić information content (AvgIpc) is 3.11. The molecule has 1 N–H and O–H groups in total. The number of ether oxygens (including phenoxy) is 1. The molecule has 4 aromatic rings. The van der Waals surface area contributed by atoms with E-state index in [1.54, 1.807) is 6.07 Å². The summed E-state index contributed by atoms with van der Waals surface area (Å²) in [4.78, 5) is 1.48. The van der Waals surface area contributed by atoms with Gasteiger partial charge in [0.15, 0.2) is 0 Å². The summed E-state index contributed by atoms with van der Waals surface area (Å²) >= 11 is 0. The predicted molar refractivity (Wildman–Crippen MR) is 110 cm³/mol. The number of phenolic OH excluding ortho intramolecular Hbond substituents is 1. The zero-order valence-corrected chi connectivity index (χ0v) is 16.3. The van der Waals surface area contributed by atoms with E-state index in [0.29, 0.717) is 18.0 Å². The van der Waals surface area contributed by atoms with Crippen molar-refractivity contribution in [3.63, 3.8) is 0 Å². The lowest BCUT2D eigenvalue weighted by Gasteiger charge is -2.23. The molecule has 0 spiro atoms. The van der Waals surface area contributed by atoms with Gasteiger partial charge in [0.25, 0.3) is 0 Å². The molecule has 5 nitrogen and oxygen atoms in total. The smallest absolute Gasteiger partial charge is 0.147 e. The molecule has 0 radical (unpaired) electrons. The monoisotopic (exact) mass is 373 g/mol. The molecular weight excluding hydrogens is 350 g/mol. The number of hydrogen-bond donors (Lipinski definition) is 1. The lowest BCUT2D eigenvalue weighted by Crippen LogP contribution is -2.13. The highest BCUT2D eigenvalue weighted by atomic mass is 16.5. The number of hydrogen-bond acceptors (Lipinski definition) is 4. The van der Waals surface area contributed by atoms with Gasteiger partial charge in [-0.2, -0.15) is 0 Å². The Morgan fingerprint density at radius 1 is 0.893 bits per heavy atom. The largest absolute Gasteiger partial charge is 0.505 e. The van der Waals surface area contributed by atoms with Gasteiger partial charge in [-0.15, -0.1) is 15.0 Å². The van der Waals surface area contributed by atoms with Crippen molar-refractivity contribution < 1.29 is 9.84 Å². The number of aromatic hydroxyl groups is 1. The van der Waals surface area contributed by atoms with Gasteiger partial charge >= 0.3 is 0 Å². The summed E-state index contributed by atoms with van der Waals surface area (Å²) in [5.41, 5.74) is 3.65. The van der Waals surface area contributed by atoms with Crippen molar-refractivity contribution in [3.8, 4) is 17.2 Å². The van der Waals surface area contributed by atoms with Gasteiger partial charge in [-0.1, -0.05) is 63.2 Å². The summed E-state index contributed by atoms with van der Waals surface area (Å²) in [5.74, 6) is 0.836. The Labute approximate surface area is 164 Å². The summed E-state index contributed by atoms with van der Waals surface area (Å²) in [5, 5.41) is 20.0. The molecule has 0 amide bonds. The third-order valence-electron chi connectivity index (χ3n) is 4.62. The van der Waals surface area contributed by atoms with E-state index < -0.39 is 0 Å². The van der Waals surface area contributed by atoms with Crippen LogP contribution in [0, 0.1) is 0 Å². The second-order valence-corrected chi connectivity index (χ2v) is 7.84. The molecule has 5 heteroatoms. The van der Waals surface area contributed by atoms with Crippen LogP contribution in [0.1, 0.15) is 31.9 Å². The van der Waals surface area contributed by atoms with Gasteiger partial charge < -0.3 is 9.84 Å². The molecular formula is C23H23N3O2. The van der Waals surface area contributed by atoms with Gasteiger partial charge in [-0.25, -0.2) is 0 Å². The molecule has 3 aromatic carbocycles. The SMILES string of the molecule is CC(C)(C)c1cc(OCc2ccccc2)cc(-n2nc3ccccc3n2)c1O. The molecule has 28 heavy (non-hydrogen) atoms. The minimum Gasteiger partial charge on any atom is -0.505 e. The highest BCUT2D eigenvalue weighted by Gasteiger charge is 2.23. The normalized spacial score (nSPS) is 11.7. The molecule has 1 aromatic heterocycles. The third-order valence-corrected chi connectivity index (χ3v) is 4.62. The maximum absolute atomic E-state index is 11.0. The fourth-order valence-electron chi connectivity index (χ4n) is 3.11. The van der Waals surface area contributed by atoms with Crippen molar-refractivity contribution in [1.82, 2.24) is 15.0 Å². The Morgan fingerprint density at radius 2 is 1.50 bits per heavy atom. The lowest BCUT2D eigenvalue weighted by atomic mass is 9.86. The number of phenols is 1. The molecule has 4 rings (SSSR count). The first-order valence-electron chi connectivity index (χ1n) is 9.28. The zero-order chi connectivity index (χ0) is 19.7. The maximum atomic E-state index is 11.0. The summed E-state index contributed by atoms with van der Waals surface area (Å²) < 4.78 is 6.04. The van der Waals surface area contributed by atoms with E-state index in [-0.39, 0.29) is 11.2 Å². The summed E-state index contributed by atoms with van der Waals surface area (Å²) in [6.07, 6.45) is 0. The third kappa shape index (κ3) is 3.56. The topological polar surface area (TPSA) is 60.2 Å². The Bertz CT molecular complexity index is 1080. The second kappa shape index (κ2) is 7.00. The Morgan fingerprint density at radius 3 is 2.11 bits per heavy atom. The first-order valence-corrected chi connectivity index (χ1v) is 9.28. The number of benzene rings is 3. The Hall–Kier alpha value is -3.34. The quantitative estimate of drug-likeness (QED) is 0.547. The molecule has 1 heterocycles. The molecule has 0 bridgehead atoms. The highest BCUT2D eigenvalue weighted by Crippen LogP contribution is 2.38. The summed E-state index contributed by atoms with van der Waals surface area (Å²) in [7, 11) is 0. The van der Waals surface area contributed by atoms with Crippen LogP contribution < -0.4 is 4.74 Å². The van der Waals surface area contributed by atoms with Crippen LogP contribution in [-0.2, 0) is 12.0 Å². The fraction of sp³-hybridized carbons (Fsp3) is 0.217. The molecule has 0 saturated heterocycles. The zero-order valence-electron chi connectivity index (χ0n) is 16.3. The first kappa shape index (κ1) is 18.0. The minimum absolute atomic E-state index is 0.167. The number of aromatic nitrogens is 3. The van der Waals surface area contributed by atoms with Crippen LogP contribution in [0.25, 0.3) is 16.7 Å². The van der Waals surface area contributed by atoms with E-state index in [1.165, 1.54) is 4.80 Å². The molecule has 0 saturated carbocycles. The van der Waals surface area contributed by atoms with Crippen LogP contribution in [0.15, 0.2) is 66.7 Å². The van der Waals surface area contributed by atoms with Crippen molar-refractivity contribution in [2.75, 3.05) is 0 Å². The van der Waals surface area contributed by atoms with E-state index in [1.807, 2.05) is 60.7 Å².